The summed E-state index contributed by atoms with van der Waals surface area (Å²) < 4.78 is 32.3. The Balaban J connectivity index is 2.39. The van der Waals surface area contributed by atoms with Gasteiger partial charge < -0.3 is 33.3 Å². The summed E-state index contributed by atoms with van der Waals surface area (Å²) in [6.45, 7) is 25.5. The van der Waals surface area contributed by atoms with Crippen LogP contribution in [0.3, 0.4) is 0 Å². The first-order valence-corrected chi connectivity index (χ1v) is 25.3. The molecule has 2 heterocycles. The molecular formula is C41H76O8Si2. The van der Waals surface area contributed by atoms with Crippen LogP contribution in [-0.4, -0.2) is 88.3 Å². The van der Waals surface area contributed by atoms with E-state index in [0.29, 0.717) is 12.8 Å². The van der Waals surface area contributed by atoms with Gasteiger partial charge in [0.15, 0.2) is 16.6 Å². The summed E-state index contributed by atoms with van der Waals surface area (Å²) in [7, 11) is -2.17. The van der Waals surface area contributed by atoms with Crippen LogP contribution >= 0.6 is 0 Å². The summed E-state index contributed by atoms with van der Waals surface area (Å²) in [5.41, 5.74) is -0.444. The number of esters is 1. The minimum atomic E-state index is -2.03. The molecule has 10 heteroatoms. The van der Waals surface area contributed by atoms with Gasteiger partial charge >= 0.3 is 5.97 Å². The van der Waals surface area contributed by atoms with E-state index in [9.17, 15) is 15.0 Å². The van der Waals surface area contributed by atoms with Crippen molar-refractivity contribution in [1.82, 2.24) is 0 Å². The van der Waals surface area contributed by atoms with E-state index in [4.69, 9.17) is 23.1 Å². The summed E-state index contributed by atoms with van der Waals surface area (Å²) >= 11 is 0. The molecule has 0 spiro atoms. The van der Waals surface area contributed by atoms with Crippen molar-refractivity contribution in [3.05, 3.63) is 36.0 Å². The molecule has 0 aliphatic carbocycles. The maximum atomic E-state index is 13.6. The third-order valence-corrected chi connectivity index (χ3v) is 21.8. The van der Waals surface area contributed by atoms with Gasteiger partial charge in [0.05, 0.1) is 36.4 Å². The van der Waals surface area contributed by atoms with Crippen LogP contribution in [0, 0.1) is 17.8 Å². The number of hydrogen-bond acceptors (Lipinski definition) is 8. The number of ether oxygens (including phenoxy) is 3. The highest BCUT2D eigenvalue weighted by atomic mass is 28.4. The van der Waals surface area contributed by atoms with Gasteiger partial charge in [0.25, 0.3) is 0 Å². The minimum absolute atomic E-state index is 0.0246. The van der Waals surface area contributed by atoms with Crippen LogP contribution in [0.4, 0.5) is 0 Å². The Morgan fingerprint density at radius 1 is 1.00 bits per heavy atom. The molecule has 2 aliphatic rings. The third kappa shape index (κ3) is 12.7. The fourth-order valence-electron chi connectivity index (χ4n) is 7.87. The molecule has 0 aromatic rings. The second-order valence-corrected chi connectivity index (χ2v) is 25.2. The maximum Gasteiger partial charge on any atom is 0.308 e. The van der Waals surface area contributed by atoms with E-state index in [1.165, 1.54) is 0 Å². The summed E-state index contributed by atoms with van der Waals surface area (Å²) in [5, 5.41) is 22.2. The molecule has 0 bridgehead atoms. The van der Waals surface area contributed by atoms with Crippen molar-refractivity contribution in [3.8, 4) is 0 Å². The SMILES string of the molecule is CCC(OC)C(C)C1OC1C(O[Si](CC)(CC)CC)C(C)/C=C/C=C(\C)C1OC(=O)CC(O[Si](CC)(CC)CC)CC[C@@](C)(O)[C@H](O)/C=C/C1C. The molecule has 51 heavy (non-hydrogen) atoms. The Kier molecular flexibility index (Phi) is 19.0. The van der Waals surface area contributed by atoms with Crippen LogP contribution in [-0.2, 0) is 27.9 Å². The van der Waals surface area contributed by atoms with Gasteiger partial charge in [-0.1, -0.05) is 99.6 Å². The second kappa shape index (κ2) is 21.1. The van der Waals surface area contributed by atoms with Gasteiger partial charge in [-0.3, -0.25) is 4.79 Å². The lowest BCUT2D eigenvalue weighted by Gasteiger charge is -2.36. The largest absolute Gasteiger partial charge is 0.457 e. The molecule has 2 N–H and O–H groups in total. The summed E-state index contributed by atoms with van der Waals surface area (Å²) in [6, 6.07) is 6.10. The highest BCUT2D eigenvalue weighted by Crippen LogP contribution is 2.41. The molecular weight excluding hydrogens is 677 g/mol. The first kappa shape index (κ1) is 46.0. The Bertz CT molecular complexity index is 1110. The van der Waals surface area contributed by atoms with Gasteiger partial charge in [-0.05, 0) is 74.9 Å². The quantitative estimate of drug-likeness (QED) is 0.0443. The molecule has 0 amide bonds. The van der Waals surface area contributed by atoms with Crippen molar-refractivity contribution in [3.63, 3.8) is 0 Å². The zero-order valence-electron chi connectivity index (χ0n) is 34.6. The molecule has 8 nitrogen and oxygen atoms in total. The number of methoxy groups -OCH3 is 1. The van der Waals surface area contributed by atoms with Gasteiger partial charge in [0, 0.05) is 24.9 Å². The standard InChI is InChI=1S/C41H76O8Si2/c1-14-34(45-13)32(11)39-40(47-39)38(49-51(18-5,19-6)20-7)30(9)23-21-22-29(8)37-31(10)24-25-35(42)41(12,44)27-26-33(28-36(43)46-37)48-50(15-2,16-3)17-4/h21-25,30-35,37-40,42,44H,14-20,26-28H2,1-13H3/b23-21+,25-24+,29-22+/t30?,31?,32?,33?,34?,35-,37?,38?,39?,40?,41-/m1/s1. The second-order valence-electron chi connectivity index (χ2n) is 15.8. The van der Waals surface area contributed by atoms with E-state index in [-0.39, 0.29) is 60.7 Å². The number of allylic oxidation sites excluding steroid dienone is 2. The lowest BCUT2D eigenvalue weighted by Crippen LogP contribution is -2.45. The van der Waals surface area contributed by atoms with Gasteiger partial charge in [0.1, 0.15) is 18.3 Å². The van der Waals surface area contributed by atoms with E-state index < -0.39 is 34.4 Å². The zero-order chi connectivity index (χ0) is 38.6. The van der Waals surface area contributed by atoms with Crippen molar-refractivity contribution in [2.45, 2.75) is 193 Å². The van der Waals surface area contributed by atoms with Crippen LogP contribution in [0.5, 0.6) is 0 Å². The Morgan fingerprint density at radius 3 is 2.12 bits per heavy atom. The van der Waals surface area contributed by atoms with Crippen molar-refractivity contribution < 1.29 is 38.1 Å². The third-order valence-electron chi connectivity index (χ3n) is 12.4. The Morgan fingerprint density at radius 2 is 1.59 bits per heavy atom. The number of hydrogen-bond donors (Lipinski definition) is 2. The number of carbonyl (C=O) groups excluding carboxylic acids is 1. The van der Waals surface area contributed by atoms with Gasteiger partial charge in [-0.2, -0.15) is 0 Å². The molecule has 11 atom stereocenters. The fraction of sp³-hybridized carbons (Fsp3) is 0.829. The van der Waals surface area contributed by atoms with Crippen LogP contribution in [0.1, 0.15) is 109 Å². The van der Waals surface area contributed by atoms with Gasteiger partial charge in [-0.25, -0.2) is 0 Å². The van der Waals surface area contributed by atoms with Crippen molar-refractivity contribution in [2.75, 3.05) is 7.11 Å². The number of rotatable bonds is 19. The Labute approximate surface area is 314 Å². The molecule has 0 radical (unpaired) electrons. The van der Waals surface area contributed by atoms with E-state index >= 15 is 0 Å². The first-order valence-electron chi connectivity index (χ1n) is 20.2. The monoisotopic (exact) mass is 753 g/mol. The summed E-state index contributed by atoms with van der Waals surface area (Å²) in [4.78, 5) is 13.6. The highest BCUT2D eigenvalue weighted by Gasteiger charge is 2.53. The molecule has 0 aromatic heterocycles. The molecule has 2 aliphatic heterocycles. The highest BCUT2D eigenvalue weighted by molar-refractivity contribution is 6.74. The van der Waals surface area contributed by atoms with Crippen LogP contribution in [0.15, 0.2) is 36.0 Å². The van der Waals surface area contributed by atoms with Crippen molar-refractivity contribution in [2.24, 2.45) is 17.8 Å². The van der Waals surface area contributed by atoms with Crippen molar-refractivity contribution in [1.29, 1.82) is 0 Å². The average molecular weight is 753 g/mol. The summed E-state index contributed by atoms with van der Waals surface area (Å²) in [6.07, 6.45) is 9.88. The van der Waals surface area contributed by atoms with E-state index in [1.807, 2.05) is 26.0 Å². The predicted molar refractivity (Wildman–Crippen MR) is 214 cm³/mol. The Hall–Kier alpha value is -1.12. The number of epoxide rings is 1. The van der Waals surface area contributed by atoms with Gasteiger partial charge in [0.2, 0.25) is 0 Å². The fourth-order valence-corrected chi connectivity index (χ4v) is 13.7. The molecule has 1 fully saturated rings. The lowest BCUT2D eigenvalue weighted by atomic mass is 9.89. The smallest absolute Gasteiger partial charge is 0.308 e. The molecule has 2 rings (SSSR count). The molecule has 0 saturated carbocycles. The topological polar surface area (TPSA) is 107 Å². The molecule has 1 saturated heterocycles. The molecule has 9 unspecified atom stereocenters. The average Bonchev–Trinajstić information content (AvgIpc) is 3.92. The predicted octanol–water partition coefficient (Wildman–Crippen LogP) is 9.13. The van der Waals surface area contributed by atoms with E-state index in [2.05, 4.69) is 74.5 Å². The normalized spacial score (nSPS) is 31.7. The van der Waals surface area contributed by atoms with Crippen LogP contribution < -0.4 is 0 Å². The minimum Gasteiger partial charge on any atom is -0.457 e. The molecule has 296 valence electrons. The van der Waals surface area contributed by atoms with E-state index in [1.54, 1.807) is 20.1 Å². The van der Waals surface area contributed by atoms with Crippen LogP contribution in [0.2, 0.25) is 36.3 Å². The zero-order valence-corrected chi connectivity index (χ0v) is 36.6. The number of aliphatic hydroxyl groups is 2. The molecule has 0 aromatic carbocycles. The van der Waals surface area contributed by atoms with Crippen molar-refractivity contribution >= 4 is 22.6 Å². The first-order chi connectivity index (χ1) is 24.0. The number of aliphatic hydroxyl groups excluding tert-OH is 1. The van der Waals surface area contributed by atoms with Gasteiger partial charge in [-0.15, -0.1) is 0 Å². The number of carbonyl (C=O) groups is 1. The van der Waals surface area contributed by atoms with E-state index in [0.717, 1.165) is 48.3 Å². The lowest BCUT2D eigenvalue weighted by molar-refractivity contribution is -0.151. The van der Waals surface area contributed by atoms with Crippen LogP contribution in [0.25, 0.3) is 0 Å². The summed E-state index contributed by atoms with van der Waals surface area (Å²) in [5.74, 6) is -0.158. The number of cyclic esters (lactones) is 1. The maximum absolute atomic E-state index is 13.6.